The molecular weight excluding hydrogens is 909 g/mol. The van der Waals surface area contributed by atoms with Gasteiger partial charge < -0.3 is 35.8 Å². The van der Waals surface area contributed by atoms with Crippen molar-refractivity contribution < 1.29 is 38.3 Å². The van der Waals surface area contributed by atoms with E-state index in [0.717, 1.165) is 80.9 Å². The Bertz CT molecular complexity index is 2490. The summed E-state index contributed by atoms with van der Waals surface area (Å²) in [5, 5.41) is 12.6. The van der Waals surface area contributed by atoms with Gasteiger partial charge in [-0.25, -0.2) is 0 Å². The van der Waals surface area contributed by atoms with Crippen LogP contribution < -0.4 is 21.3 Å². The van der Waals surface area contributed by atoms with Gasteiger partial charge in [0.05, 0.1) is 30.8 Å². The molecule has 6 amide bonds. The van der Waals surface area contributed by atoms with E-state index in [1.807, 2.05) is 54.6 Å². The number of esters is 1. The molecule has 9 rings (SSSR count). The lowest BCUT2D eigenvalue weighted by Gasteiger charge is -2.18. The van der Waals surface area contributed by atoms with E-state index in [1.165, 1.54) is 7.11 Å². The predicted octanol–water partition coefficient (Wildman–Crippen LogP) is 6.49. The minimum atomic E-state index is -0.740. The number of ether oxygens (including phenoxy) is 1. The molecule has 4 aromatic rings. The highest BCUT2D eigenvalue weighted by Gasteiger charge is 2.50. The highest BCUT2D eigenvalue weighted by molar-refractivity contribution is 6.00. The summed E-state index contributed by atoms with van der Waals surface area (Å²) in [5.74, 6) is -4.19. The first-order valence-corrected chi connectivity index (χ1v) is 26.1. The lowest BCUT2D eigenvalue weighted by Crippen LogP contribution is -2.43. The molecule has 4 aromatic carbocycles. The molecule has 14 heteroatoms. The van der Waals surface area contributed by atoms with E-state index in [9.17, 15) is 33.6 Å². The fourth-order valence-electron chi connectivity index (χ4n) is 11.0. The summed E-state index contributed by atoms with van der Waals surface area (Å²) in [6.07, 6.45) is 9.47. The van der Waals surface area contributed by atoms with Crippen molar-refractivity contribution in [2.24, 2.45) is 23.7 Å². The fourth-order valence-corrected chi connectivity index (χ4v) is 11.0. The zero-order valence-corrected chi connectivity index (χ0v) is 41.2. The monoisotopic (exact) mass is 977 g/mol. The van der Waals surface area contributed by atoms with Crippen molar-refractivity contribution in [1.29, 1.82) is 0 Å². The Morgan fingerprint density at radius 2 is 0.778 bits per heavy atom. The average molecular weight is 977 g/mol. The van der Waals surface area contributed by atoms with E-state index in [1.54, 1.807) is 34.1 Å². The molecule has 5 fully saturated rings. The Hall–Kier alpha value is -6.83. The maximum Gasteiger partial charge on any atom is 0.305 e. The van der Waals surface area contributed by atoms with Crippen molar-refractivity contribution >= 4 is 41.4 Å². The number of hydrogen-bond donors (Lipinski definition) is 4. The molecule has 2 aliphatic heterocycles. The SMILES string of the molecule is COC(=O)CCCCCCCCCNC(=O)[C@@H]1CN(C(=O)c2ccc(C(=O)N3C[C@@H](C(=O)N[C@H]4C[C@@H]4c4ccccc4)[C@H](C(=O)N[C@H]4C[C@@H]4c4ccccc4)C3)cc2)C[C@H]1C(=O)N[C@H]1C[C@@H]1c1ccccc1. The van der Waals surface area contributed by atoms with Crippen LogP contribution in [0.15, 0.2) is 115 Å². The normalized spacial score (nSPS) is 25.7. The van der Waals surface area contributed by atoms with Crippen molar-refractivity contribution in [1.82, 2.24) is 31.1 Å². The second-order valence-electron chi connectivity index (χ2n) is 20.6. The van der Waals surface area contributed by atoms with Crippen molar-refractivity contribution in [3.8, 4) is 0 Å². The summed E-state index contributed by atoms with van der Waals surface area (Å²) in [6.45, 7) is 0.760. The number of carbonyl (C=O) groups is 7. The topological polar surface area (TPSA) is 183 Å². The number of amides is 6. The number of likely N-dealkylation sites (tertiary alicyclic amines) is 2. The Labute approximate surface area is 422 Å². The van der Waals surface area contributed by atoms with Gasteiger partial charge in [0, 0.05) is 86.2 Å². The van der Waals surface area contributed by atoms with E-state index in [2.05, 4.69) is 57.7 Å². The Kier molecular flexibility index (Phi) is 16.1. The van der Waals surface area contributed by atoms with E-state index in [-0.39, 0.29) is 103 Å². The van der Waals surface area contributed by atoms with Crippen LogP contribution in [-0.2, 0) is 28.7 Å². The van der Waals surface area contributed by atoms with Gasteiger partial charge in [-0.05, 0) is 73.1 Å². The fraction of sp³-hybridized carbons (Fsp3) is 0.466. The zero-order valence-electron chi connectivity index (χ0n) is 41.2. The molecule has 0 spiro atoms. The summed E-state index contributed by atoms with van der Waals surface area (Å²) in [4.78, 5) is 98.6. The Morgan fingerprint density at radius 3 is 1.14 bits per heavy atom. The van der Waals surface area contributed by atoms with Gasteiger partial charge in [0.25, 0.3) is 11.8 Å². The largest absolute Gasteiger partial charge is 0.469 e. The van der Waals surface area contributed by atoms with Crippen LogP contribution in [0.2, 0.25) is 0 Å². The van der Waals surface area contributed by atoms with Gasteiger partial charge in [-0.15, -0.1) is 0 Å². The first-order valence-electron chi connectivity index (χ1n) is 26.1. The maximum atomic E-state index is 14.2. The van der Waals surface area contributed by atoms with Crippen LogP contribution in [0, 0.1) is 23.7 Å². The first-order chi connectivity index (χ1) is 35.1. The second kappa shape index (κ2) is 23.2. The molecule has 0 bridgehead atoms. The molecule has 378 valence electrons. The van der Waals surface area contributed by atoms with E-state index in [0.29, 0.717) is 24.1 Å². The smallest absolute Gasteiger partial charge is 0.305 e. The van der Waals surface area contributed by atoms with Crippen molar-refractivity contribution in [3.63, 3.8) is 0 Å². The number of hydrogen-bond acceptors (Lipinski definition) is 8. The molecule has 2 saturated heterocycles. The third-order valence-electron chi connectivity index (χ3n) is 15.6. The summed E-state index contributed by atoms with van der Waals surface area (Å²) in [5.41, 5.74) is 4.10. The molecule has 2 heterocycles. The average Bonchev–Trinajstić information content (AvgIpc) is 4.38. The molecule has 5 aliphatic rings. The molecular formula is C58H68N6O8. The van der Waals surface area contributed by atoms with Gasteiger partial charge in [0.2, 0.25) is 23.6 Å². The quantitative estimate of drug-likeness (QED) is 0.0509. The highest BCUT2D eigenvalue weighted by atomic mass is 16.5. The third-order valence-corrected chi connectivity index (χ3v) is 15.6. The van der Waals surface area contributed by atoms with E-state index < -0.39 is 23.7 Å². The van der Waals surface area contributed by atoms with Crippen LogP contribution in [0.3, 0.4) is 0 Å². The summed E-state index contributed by atoms with van der Waals surface area (Å²) < 4.78 is 4.71. The molecule has 0 radical (unpaired) electrons. The summed E-state index contributed by atoms with van der Waals surface area (Å²) >= 11 is 0. The molecule has 0 aromatic heterocycles. The number of nitrogens with one attached hydrogen (secondary N) is 4. The first kappa shape index (κ1) is 50.1. The minimum Gasteiger partial charge on any atom is -0.469 e. The minimum absolute atomic E-state index is 0.0389. The standard InChI is InChI=1S/C58H68N6O8/c1-72-52(65)24-16-5-3-2-4-6-17-29-59-53(66)45-33-63(34-46(45)54(67)60-49-30-42(49)37-18-10-7-11-19-37)57(70)40-25-27-41(28-26-40)58(71)64-35-47(55(68)61-50-31-43(50)38-20-12-8-13-21-38)48(36-64)56(69)62-51-32-44(51)39-22-14-9-15-23-39/h7-15,18-23,25-28,42-51H,2-6,16-17,24,29-36H2,1H3,(H,59,66)(H,60,67)(H,61,68)(H,62,69)/t42-,43-,44-,45-,46-,47-,48-,49+,50+,51+/m1/s1. The van der Waals surface area contributed by atoms with Crippen LogP contribution in [0.5, 0.6) is 0 Å². The maximum absolute atomic E-state index is 14.2. The number of unbranched alkanes of at least 4 members (excludes halogenated alkanes) is 6. The van der Waals surface area contributed by atoms with Gasteiger partial charge in [-0.1, -0.05) is 123 Å². The second-order valence-corrected chi connectivity index (χ2v) is 20.6. The molecule has 14 nitrogen and oxygen atoms in total. The third kappa shape index (κ3) is 12.4. The van der Waals surface area contributed by atoms with E-state index >= 15 is 0 Å². The Balaban J connectivity index is 0.815. The van der Waals surface area contributed by atoms with Gasteiger partial charge in [0.1, 0.15) is 0 Å². The van der Waals surface area contributed by atoms with Crippen LogP contribution in [0.4, 0.5) is 0 Å². The molecule has 72 heavy (non-hydrogen) atoms. The lowest BCUT2D eigenvalue weighted by atomic mass is 9.94. The van der Waals surface area contributed by atoms with Crippen LogP contribution in [-0.4, -0.2) is 109 Å². The van der Waals surface area contributed by atoms with Gasteiger partial charge >= 0.3 is 5.97 Å². The molecule has 4 N–H and O–H groups in total. The number of nitrogens with zero attached hydrogens (tertiary/aromatic N) is 2. The molecule has 0 unspecified atom stereocenters. The zero-order chi connectivity index (χ0) is 50.1. The molecule has 3 aliphatic carbocycles. The number of rotatable bonds is 22. The lowest BCUT2D eigenvalue weighted by molar-refractivity contribution is -0.140. The van der Waals surface area contributed by atoms with Crippen molar-refractivity contribution in [2.75, 3.05) is 39.8 Å². The van der Waals surface area contributed by atoms with Crippen LogP contribution in [0.25, 0.3) is 0 Å². The summed E-state index contributed by atoms with van der Waals surface area (Å²) in [6, 6.07) is 36.4. The van der Waals surface area contributed by atoms with Crippen molar-refractivity contribution in [3.05, 3.63) is 143 Å². The van der Waals surface area contributed by atoms with Crippen molar-refractivity contribution in [2.45, 2.75) is 107 Å². The van der Waals surface area contributed by atoms with Gasteiger partial charge in [-0.3, -0.25) is 33.6 Å². The Morgan fingerprint density at radius 1 is 0.444 bits per heavy atom. The molecule has 10 atom stereocenters. The summed E-state index contributed by atoms with van der Waals surface area (Å²) in [7, 11) is 1.40. The van der Waals surface area contributed by atoms with Crippen LogP contribution in [0.1, 0.15) is 126 Å². The highest BCUT2D eigenvalue weighted by Crippen LogP contribution is 2.43. The van der Waals surface area contributed by atoms with Gasteiger partial charge in [0.15, 0.2) is 0 Å². The number of methoxy groups -OCH3 is 1. The number of carbonyl (C=O) groups excluding carboxylic acids is 7. The van der Waals surface area contributed by atoms with Crippen LogP contribution >= 0.6 is 0 Å². The predicted molar refractivity (Wildman–Crippen MR) is 271 cm³/mol. The number of benzene rings is 4. The molecule has 3 saturated carbocycles. The van der Waals surface area contributed by atoms with E-state index in [4.69, 9.17) is 4.74 Å². The van der Waals surface area contributed by atoms with Gasteiger partial charge in [-0.2, -0.15) is 0 Å².